The monoisotopic (exact) mass is 217 g/mol. The van der Waals surface area contributed by atoms with Crippen LogP contribution in [0.3, 0.4) is 0 Å². The minimum Gasteiger partial charge on any atom is -0.353 e. The van der Waals surface area contributed by atoms with Crippen LogP contribution in [0.4, 0.5) is 5.82 Å². The Morgan fingerprint density at radius 1 is 1.44 bits per heavy atom. The zero-order valence-corrected chi connectivity index (χ0v) is 9.60. The van der Waals surface area contributed by atoms with E-state index in [0.717, 1.165) is 18.4 Å². The van der Waals surface area contributed by atoms with E-state index in [1.807, 2.05) is 12.3 Å². The number of fused-ring (bicyclic) bond motifs is 2. The number of nitrogens with two attached hydrogens (primary N) is 1. The maximum absolute atomic E-state index is 5.66. The van der Waals surface area contributed by atoms with E-state index < -0.39 is 0 Å². The molecule has 16 heavy (non-hydrogen) atoms. The second-order valence-corrected chi connectivity index (χ2v) is 5.01. The van der Waals surface area contributed by atoms with Crippen molar-refractivity contribution in [2.24, 2.45) is 11.7 Å². The Kier molecular flexibility index (Phi) is 2.56. The van der Waals surface area contributed by atoms with Crippen molar-refractivity contribution in [2.75, 3.05) is 18.0 Å². The van der Waals surface area contributed by atoms with Gasteiger partial charge in [0.25, 0.3) is 0 Å². The van der Waals surface area contributed by atoms with Crippen molar-refractivity contribution in [3.63, 3.8) is 0 Å². The van der Waals surface area contributed by atoms with E-state index in [4.69, 9.17) is 5.73 Å². The number of piperidine rings is 1. The van der Waals surface area contributed by atoms with Gasteiger partial charge in [-0.2, -0.15) is 0 Å². The number of hydrogen-bond acceptors (Lipinski definition) is 3. The van der Waals surface area contributed by atoms with Gasteiger partial charge in [-0.15, -0.1) is 0 Å². The molecule has 2 aliphatic rings. The van der Waals surface area contributed by atoms with E-state index in [-0.39, 0.29) is 0 Å². The summed E-state index contributed by atoms with van der Waals surface area (Å²) in [5, 5.41) is 0. The average molecular weight is 217 g/mol. The van der Waals surface area contributed by atoms with Gasteiger partial charge in [0.05, 0.1) is 0 Å². The summed E-state index contributed by atoms with van der Waals surface area (Å²) in [5.74, 6) is 2.11. The molecule has 1 aliphatic heterocycles. The lowest BCUT2D eigenvalue weighted by molar-refractivity contribution is 0.549. The van der Waals surface area contributed by atoms with Crippen LogP contribution >= 0.6 is 0 Å². The molecule has 1 aliphatic carbocycles. The normalized spacial score (nSPS) is 27.7. The van der Waals surface area contributed by atoms with Crippen molar-refractivity contribution in [1.29, 1.82) is 0 Å². The van der Waals surface area contributed by atoms with Gasteiger partial charge in [0.2, 0.25) is 0 Å². The van der Waals surface area contributed by atoms with Gasteiger partial charge in [-0.3, -0.25) is 0 Å². The van der Waals surface area contributed by atoms with Crippen LogP contribution in [0.15, 0.2) is 18.3 Å². The van der Waals surface area contributed by atoms with Gasteiger partial charge in [-0.05, 0) is 49.8 Å². The summed E-state index contributed by atoms with van der Waals surface area (Å²) < 4.78 is 0. The number of hydrogen-bond donors (Lipinski definition) is 1. The Balaban J connectivity index is 1.88. The summed E-state index contributed by atoms with van der Waals surface area (Å²) in [7, 11) is 0. The fraction of sp³-hybridized carbons (Fsp3) is 0.615. The minimum absolute atomic E-state index is 0.709. The zero-order chi connectivity index (χ0) is 11.0. The van der Waals surface area contributed by atoms with E-state index >= 15 is 0 Å². The molecular formula is C13H19N3. The Morgan fingerprint density at radius 3 is 3.06 bits per heavy atom. The fourth-order valence-corrected chi connectivity index (χ4v) is 3.22. The predicted octanol–water partition coefficient (Wildman–Crippen LogP) is 1.57. The van der Waals surface area contributed by atoms with Gasteiger partial charge >= 0.3 is 0 Å². The number of nitrogens with zero attached hydrogens (tertiary/aromatic N) is 2. The SMILES string of the molecule is NCCc1cccnc1N1CC2CCC1C2. The van der Waals surface area contributed by atoms with Gasteiger partial charge in [0.15, 0.2) is 0 Å². The molecule has 0 aromatic carbocycles. The van der Waals surface area contributed by atoms with Crippen LogP contribution in [0.1, 0.15) is 24.8 Å². The summed E-state index contributed by atoms with van der Waals surface area (Å²) in [6.07, 6.45) is 6.99. The second-order valence-electron chi connectivity index (χ2n) is 5.01. The van der Waals surface area contributed by atoms with Crippen LogP contribution < -0.4 is 10.6 Å². The summed E-state index contributed by atoms with van der Waals surface area (Å²) in [4.78, 5) is 7.08. The molecule has 2 heterocycles. The highest BCUT2D eigenvalue weighted by atomic mass is 15.2. The third kappa shape index (κ3) is 1.59. The topological polar surface area (TPSA) is 42.1 Å². The second kappa shape index (κ2) is 4.06. The number of pyridine rings is 1. The first-order chi connectivity index (χ1) is 7.88. The van der Waals surface area contributed by atoms with E-state index in [1.54, 1.807) is 0 Å². The maximum Gasteiger partial charge on any atom is 0.132 e. The molecule has 2 N–H and O–H groups in total. The maximum atomic E-state index is 5.66. The van der Waals surface area contributed by atoms with Gasteiger partial charge in [0.1, 0.15) is 5.82 Å². The third-order valence-electron chi connectivity index (χ3n) is 3.96. The first kappa shape index (κ1) is 10.1. The quantitative estimate of drug-likeness (QED) is 0.835. The third-order valence-corrected chi connectivity index (χ3v) is 3.96. The van der Waals surface area contributed by atoms with Crippen LogP contribution in [0.2, 0.25) is 0 Å². The molecule has 1 aromatic rings. The van der Waals surface area contributed by atoms with E-state index in [1.165, 1.54) is 37.2 Å². The van der Waals surface area contributed by atoms with Gasteiger partial charge < -0.3 is 10.6 Å². The van der Waals surface area contributed by atoms with Crippen LogP contribution in [-0.4, -0.2) is 24.1 Å². The number of aromatic nitrogens is 1. The van der Waals surface area contributed by atoms with Crippen molar-refractivity contribution >= 4 is 5.82 Å². The van der Waals surface area contributed by atoms with Crippen LogP contribution in [0.5, 0.6) is 0 Å². The zero-order valence-electron chi connectivity index (χ0n) is 9.60. The van der Waals surface area contributed by atoms with Crippen molar-refractivity contribution in [3.05, 3.63) is 23.9 Å². The summed E-state index contributed by atoms with van der Waals surface area (Å²) in [6, 6.07) is 4.93. The molecule has 3 rings (SSSR count). The van der Waals surface area contributed by atoms with Gasteiger partial charge in [0, 0.05) is 18.8 Å². The van der Waals surface area contributed by atoms with Crippen LogP contribution in [-0.2, 0) is 6.42 Å². The highest BCUT2D eigenvalue weighted by Crippen LogP contribution is 2.40. The standard InChI is InChI=1S/C13H19N3/c14-6-5-11-2-1-7-15-13(11)16-9-10-3-4-12(16)8-10/h1-2,7,10,12H,3-6,8-9,14H2. The Hall–Kier alpha value is -1.09. The molecule has 3 nitrogen and oxygen atoms in total. The number of rotatable bonds is 3. The fourth-order valence-electron chi connectivity index (χ4n) is 3.22. The molecular weight excluding hydrogens is 198 g/mol. The lowest BCUT2D eigenvalue weighted by atomic mass is 10.1. The number of anilines is 1. The molecule has 0 radical (unpaired) electrons. The average Bonchev–Trinajstić information content (AvgIpc) is 2.92. The molecule has 2 unspecified atom stereocenters. The lowest BCUT2D eigenvalue weighted by Crippen LogP contribution is -2.33. The highest BCUT2D eigenvalue weighted by Gasteiger charge is 2.38. The van der Waals surface area contributed by atoms with Gasteiger partial charge in [-0.1, -0.05) is 6.07 Å². The lowest BCUT2D eigenvalue weighted by Gasteiger charge is -2.29. The molecule has 0 spiro atoms. The Morgan fingerprint density at radius 2 is 2.38 bits per heavy atom. The molecule has 0 amide bonds. The Labute approximate surface area is 96.7 Å². The molecule has 1 aromatic heterocycles. The van der Waals surface area contributed by atoms with E-state index in [2.05, 4.69) is 16.0 Å². The summed E-state index contributed by atoms with van der Waals surface area (Å²) in [5.41, 5.74) is 6.97. The largest absolute Gasteiger partial charge is 0.353 e. The molecule has 3 heteroatoms. The van der Waals surface area contributed by atoms with Crippen molar-refractivity contribution in [1.82, 2.24) is 4.98 Å². The van der Waals surface area contributed by atoms with Crippen molar-refractivity contribution in [3.8, 4) is 0 Å². The highest BCUT2D eigenvalue weighted by molar-refractivity contribution is 5.49. The molecule has 86 valence electrons. The minimum atomic E-state index is 0.709. The first-order valence-corrected chi connectivity index (χ1v) is 6.29. The molecule has 2 atom stereocenters. The molecule has 2 bridgehead atoms. The predicted molar refractivity (Wildman–Crippen MR) is 65.5 cm³/mol. The van der Waals surface area contributed by atoms with Crippen molar-refractivity contribution in [2.45, 2.75) is 31.7 Å². The van der Waals surface area contributed by atoms with Crippen LogP contribution in [0.25, 0.3) is 0 Å². The van der Waals surface area contributed by atoms with Crippen molar-refractivity contribution < 1.29 is 0 Å². The summed E-state index contributed by atoms with van der Waals surface area (Å²) in [6.45, 7) is 1.92. The van der Waals surface area contributed by atoms with Gasteiger partial charge in [-0.25, -0.2) is 4.98 Å². The summed E-state index contributed by atoms with van der Waals surface area (Å²) >= 11 is 0. The first-order valence-electron chi connectivity index (χ1n) is 6.29. The van der Waals surface area contributed by atoms with Crippen LogP contribution in [0, 0.1) is 5.92 Å². The molecule has 2 fully saturated rings. The Bertz CT molecular complexity index is 377. The smallest absolute Gasteiger partial charge is 0.132 e. The van der Waals surface area contributed by atoms with E-state index in [0.29, 0.717) is 6.54 Å². The molecule has 1 saturated carbocycles. The van der Waals surface area contributed by atoms with E-state index in [9.17, 15) is 0 Å². The molecule has 1 saturated heterocycles.